The van der Waals surface area contributed by atoms with E-state index in [2.05, 4.69) is 5.32 Å². The number of anilines is 1. The van der Waals surface area contributed by atoms with E-state index in [0.29, 0.717) is 34.2 Å². The lowest BCUT2D eigenvalue weighted by Crippen LogP contribution is -2.52. The van der Waals surface area contributed by atoms with Crippen LogP contribution in [0, 0.1) is 0 Å². The molecule has 0 spiro atoms. The monoisotopic (exact) mass is 577 g/mol. The Labute approximate surface area is 225 Å². The fraction of sp³-hybridized carbons (Fsp3) is 0.440. The van der Waals surface area contributed by atoms with Gasteiger partial charge in [0, 0.05) is 12.6 Å². The van der Waals surface area contributed by atoms with Crippen LogP contribution < -0.4 is 14.4 Å². The van der Waals surface area contributed by atoms with E-state index in [1.54, 1.807) is 31.2 Å². The van der Waals surface area contributed by atoms with Crippen LogP contribution in [0.2, 0.25) is 5.02 Å². The van der Waals surface area contributed by atoms with Crippen LogP contribution in [0.3, 0.4) is 0 Å². The summed E-state index contributed by atoms with van der Waals surface area (Å²) in [5, 5.41) is 2.49. The molecule has 38 heavy (non-hydrogen) atoms. The van der Waals surface area contributed by atoms with E-state index in [1.807, 2.05) is 6.92 Å². The van der Waals surface area contributed by atoms with Crippen LogP contribution in [0.5, 0.6) is 5.75 Å². The molecule has 0 aliphatic rings. The van der Waals surface area contributed by atoms with Gasteiger partial charge in [-0.1, -0.05) is 30.7 Å². The molecule has 13 heteroatoms. The molecule has 2 aromatic carbocycles. The van der Waals surface area contributed by atoms with Crippen molar-refractivity contribution in [1.29, 1.82) is 0 Å². The molecule has 2 atom stereocenters. The quantitative estimate of drug-likeness (QED) is 0.425. The number of nitrogens with one attached hydrogen (secondary N) is 1. The third-order valence-corrected chi connectivity index (χ3v) is 7.32. The van der Waals surface area contributed by atoms with E-state index < -0.39 is 51.9 Å². The largest absolute Gasteiger partial charge is 0.497 e. The van der Waals surface area contributed by atoms with Crippen molar-refractivity contribution in [2.24, 2.45) is 0 Å². The summed E-state index contributed by atoms with van der Waals surface area (Å²) < 4.78 is 71.0. The number of hydrogen-bond acceptors (Lipinski definition) is 5. The molecular formula is C25H31ClF3N3O5S. The Hall–Kier alpha value is -2.99. The maximum absolute atomic E-state index is 13.6. The fourth-order valence-corrected chi connectivity index (χ4v) is 4.61. The number of halogens is 4. The van der Waals surface area contributed by atoms with Crippen molar-refractivity contribution in [3.63, 3.8) is 0 Å². The average Bonchev–Trinajstić information content (AvgIpc) is 2.84. The van der Waals surface area contributed by atoms with Crippen LogP contribution in [0.1, 0.15) is 38.3 Å². The molecule has 0 aromatic heterocycles. The van der Waals surface area contributed by atoms with Gasteiger partial charge in [0.05, 0.1) is 29.6 Å². The van der Waals surface area contributed by atoms with E-state index in [-0.39, 0.29) is 17.6 Å². The molecule has 210 valence electrons. The highest BCUT2D eigenvalue weighted by Crippen LogP contribution is 2.36. The minimum absolute atomic E-state index is 0.0982. The summed E-state index contributed by atoms with van der Waals surface area (Å²) in [5.74, 6) is -0.794. The van der Waals surface area contributed by atoms with Gasteiger partial charge in [-0.05, 0) is 56.2 Å². The van der Waals surface area contributed by atoms with Gasteiger partial charge < -0.3 is 15.0 Å². The average molecular weight is 578 g/mol. The Morgan fingerprint density at radius 3 is 2.34 bits per heavy atom. The summed E-state index contributed by atoms with van der Waals surface area (Å²) >= 11 is 6.08. The SMILES string of the molecule is CC[C@H](C)NC(=O)[C@H](C)N(Cc1cccc(OC)c1)C(=O)CN(c1cc(C(F)(F)F)ccc1Cl)S(C)(=O)=O. The zero-order valence-corrected chi connectivity index (χ0v) is 23.2. The first-order valence-corrected chi connectivity index (χ1v) is 13.9. The molecule has 2 amide bonds. The number of carbonyl (C=O) groups excluding carboxylic acids is 2. The van der Waals surface area contributed by atoms with Crippen molar-refractivity contribution in [3.05, 3.63) is 58.6 Å². The molecule has 0 heterocycles. The number of rotatable bonds is 11. The van der Waals surface area contributed by atoms with Gasteiger partial charge in [-0.25, -0.2) is 8.42 Å². The van der Waals surface area contributed by atoms with E-state index in [4.69, 9.17) is 16.3 Å². The Morgan fingerprint density at radius 1 is 1.13 bits per heavy atom. The number of alkyl halides is 3. The second-order valence-electron chi connectivity index (χ2n) is 8.80. The predicted octanol–water partition coefficient (Wildman–Crippen LogP) is 4.47. The highest BCUT2D eigenvalue weighted by molar-refractivity contribution is 7.92. The number of hydrogen-bond donors (Lipinski definition) is 1. The maximum Gasteiger partial charge on any atom is 0.416 e. The number of benzene rings is 2. The van der Waals surface area contributed by atoms with Gasteiger partial charge in [0.2, 0.25) is 21.8 Å². The van der Waals surface area contributed by atoms with Gasteiger partial charge in [-0.3, -0.25) is 13.9 Å². The summed E-state index contributed by atoms with van der Waals surface area (Å²) in [6, 6.07) is 7.70. The molecule has 1 N–H and O–H groups in total. The van der Waals surface area contributed by atoms with Gasteiger partial charge in [-0.15, -0.1) is 0 Å². The van der Waals surface area contributed by atoms with Crippen molar-refractivity contribution in [2.45, 2.75) is 52.0 Å². The number of amides is 2. The van der Waals surface area contributed by atoms with Gasteiger partial charge in [0.25, 0.3) is 0 Å². The van der Waals surface area contributed by atoms with E-state index in [0.717, 1.165) is 17.2 Å². The van der Waals surface area contributed by atoms with Crippen LogP contribution >= 0.6 is 11.6 Å². The second kappa shape index (κ2) is 12.7. The minimum atomic E-state index is -4.77. The lowest BCUT2D eigenvalue weighted by Gasteiger charge is -2.32. The third kappa shape index (κ3) is 8.26. The number of ether oxygens (including phenoxy) is 1. The van der Waals surface area contributed by atoms with Gasteiger partial charge in [0.15, 0.2) is 0 Å². The predicted molar refractivity (Wildman–Crippen MR) is 140 cm³/mol. The van der Waals surface area contributed by atoms with Crippen molar-refractivity contribution < 1.29 is 35.9 Å². The van der Waals surface area contributed by atoms with Crippen LogP contribution in [0.25, 0.3) is 0 Å². The Morgan fingerprint density at radius 2 is 1.79 bits per heavy atom. The number of nitrogens with zero attached hydrogens (tertiary/aromatic N) is 2. The molecule has 0 aliphatic carbocycles. The molecule has 0 unspecified atom stereocenters. The number of sulfonamides is 1. The van der Waals surface area contributed by atoms with E-state index in [9.17, 15) is 31.2 Å². The first kappa shape index (κ1) is 31.2. The molecule has 8 nitrogen and oxygen atoms in total. The Kier molecular flexibility index (Phi) is 10.4. The van der Waals surface area contributed by atoms with Crippen molar-refractivity contribution >= 4 is 39.1 Å². The highest BCUT2D eigenvalue weighted by atomic mass is 35.5. The zero-order valence-electron chi connectivity index (χ0n) is 21.7. The highest BCUT2D eigenvalue weighted by Gasteiger charge is 2.34. The van der Waals surface area contributed by atoms with E-state index in [1.165, 1.54) is 14.0 Å². The maximum atomic E-state index is 13.6. The summed E-state index contributed by atoms with van der Waals surface area (Å²) in [4.78, 5) is 27.7. The molecule has 2 rings (SSSR count). The summed E-state index contributed by atoms with van der Waals surface area (Å²) in [6.07, 6.45) is -3.38. The first-order valence-electron chi connectivity index (χ1n) is 11.7. The van der Waals surface area contributed by atoms with Gasteiger partial charge in [-0.2, -0.15) is 13.2 Å². The topological polar surface area (TPSA) is 96.0 Å². The summed E-state index contributed by atoms with van der Waals surface area (Å²) in [5.41, 5.74) is -1.05. The number of methoxy groups -OCH3 is 1. The summed E-state index contributed by atoms with van der Waals surface area (Å²) in [7, 11) is -2.80. The molecule has 0 fully saturated rings. The molecule has 0 saturated heterocycles. The van der Waals surface area contributed by atoms with Crippen LogP contribution in [0.15, 0.2) is 42.5 Å². The lowest BCUT2D eigenvalue weighted by molar-refractivity contribution is -0.139. The Bertz CT molecular complexity index is 1260. The van der Waals surface area contributed by atoms with E-state index >= 15 is 0 Å². The van der Waals surface area contributed by atoms with Crippen molar-refractivity contribution in [3.8, 4) is 5.75 Å². The number of carbonyl (C=O) groups is 2. The molecule has 2 aromatic rings. The molecule has 0 saturated carbocycles. The van der Waals surface area contributed by atoms with Crippen LogP contribution in [-0.2, 0) is 32.3 Å². The van der Waals surface area contributed by atoms with Crippen LogP contribution in [0.4, 0.5) is 18.9 Å². The first-order chi connectivity index (χ1) is 17.6. The Balaban J connectivity index is 2.51. The smallest absolute Gasteiger partial charge is 0.416 e. The van der Waals surface area contributed by atoms with Crippen LogP contribution in [-0.4, -0.2) is 57.1 Å². The molecule has 0 aliphatic heterocycles. The zero-order chi connectivity index (χ0) is 28.8. The van der Waals surface area contributed by atoms with Gasteiger partial charge in [0.1, 0.15) is 18.3 Å². The third-order valence-electron chi connectivity index (χ3n) is 5.88. The molecule has 0 bridgehead atoms. The summed E-state index contributed by atoms with van der Waals surface area (Å²) in [6.45, 7) is 4.17. The standard InChI is InChI=1S/C25H31ClF3N3O5S/c1-6-16(2)30-24(34)17(3)31(14-18-8-7-9-20(12-18)37-4)23(33)15-32(38(5,35)36)22-13-19(25(27,28)29)10-11-21(22)26/h7-13,16-17H,6,14-15H2,1-5H3,(H,30,34)/t16-,17-/m0/s1. The fourth-order valence-electron chi connectivity index (χ4n) is 3.49. The molecular weight excluding hydrogens is 547 g/mol. The normalized spacial score (nSPS) is 13.4. The van der Waals surface area contributed by atoms with Crippen molar-refractivity contribution in [2.75, 3.05) is 24.2 Å². The lowest BCUT2D eigenvalue weighted by atomic mass is 10.1. The van der Waals surface area contributed by atoms with Crippen molar-refractivity contribution in [1.82, 2.24) is 10.2 Å². The molecule has 0 radical (unpaired) electrons. The minimum Gasteiger partial charge on any atom is -0.497 e. The second-order valence-corrected chi connectivity index (χ2v) is 11.1. The van der Waals surface area contributed by atoms with Gasteiger partial charge >= 0.3 is 6.18 Å².